The predicted octanol–water partition coefficient (Wildman–Crippen LogP) is 3.15. The molecule has 0 heterocycles. The van der Waals surface area contributed by atoms with Crippen LogP contribution >= 0.6 is 0 Å². The molecule has 0 aromatic heterocycles. The molecule has 1 amide bonds. The second-order valence-electron chi connectivity index (χ2n) is 4.23. The lowest BCUT2D eigenvalue weighted by molar-refractivity contribution is 0.0950. The van der Waals surface area contributed by atoms with Crippen LogP contribution in [0.15, 0.2) is 48.5 Å². The van der Waals surface area contributed by atoms with E-state index in [4.69, 9.17) is 4.74 Å². The summed E-state index contributed by atoms with van der Waals surface area (Å²) in [6, 6.07) is 13.2. The quantitative estimate of drug-likeness (QED) is 0.908. The van der Waals surface area contributed by atoms with Gasteiger partial charge in [0.25, 0.3) is 5.91 Å². The summed E-state index contributed by atoms with van der Waals surface area (Å²) in [6.45, 7) is 2.65. The lowest BCUT2D eigenvalue weighted by atomic mass is 10.2. The first kappa shape index (κ1) is 14.1. The monoisotopic (exact) mass is 273 g/mol. The van der Waals surface area contributed by atoms with Crippen LogP contribution in [-0.2, 0) is 6.54 Å². The van der Waals surface area contributed by atoms with Crippen LogP contribution in [0.2, 0.25) is 0 Å². The maximum absolute atomic E-state index is 13.4. The Labute approximate surface area is 117 Å². The van der Waals surface area contributed by atoms with E-state index in [0.717, 1.165) is 5.75 Å². The van der Waals surface area contributed by atoms with Gasteiger partial charge in [0.15, 0.2) is 0 Å². The van der Waals surface area contributed by atoms with Gasteiger partial charge in [-0.2, -0.15) is 0 Å². The number of halogens is 1. The molecule has 2 aromatic carbocycles. The Kier molecular flexibility index (Phi) is 4.71. The molecule has 0 unspecified atom stereocenters. The van der Waals surface area contributed by atoms with E-state index >= 15 is 0 Å². The SMILES string of the molecule is CCOc1ccc(C(=O)NCc2ccccc2F)cc1. The fourth-order valence-corrected chi connectivity index (χ4v) is 1.79. The standard InChI is InChI=1S/C16H16FNO2/c1-2-20-14-9-7-12(8-10-14)16(19)18-11-13-5-3-4-6-15(13)17/h3-10H,2,11H2,1H3,(H,18,19). The fraction of sp³-hybridized carbons (Fsp3) is 0.188. The van der Waals surface area contributed by atoms with Crippen molar-refractivity contribution in [2.45, 2.75) is 13.5 Å². The highest BCUT2D eigenvalue weighted by atomic mass is 19.1. The van der Waals surface area contributed by atoms with Gasteiger partial charge in [-0.1, -0.05) is 18.2 Å². The number of ether oxygens (including phenoxy) is 1. The molecule has 3 nitrogen and oxygen atoms in total. The largest absolute Gasteiger partial charge is 0.494 e. The number of nitrogens with one attached hydrogen (secondary N) is 1. The Hall–Kier alpha value is -2.36. The molecule has 0 aliphatic rings. The molecule has 0 saturated carbocycles. The molecule has 0 saturated heterocycles. The van der Waals surface area contributed by atoms with Gasteiger partial charge in [-0.05, 0) is 37.3 Å². The molecule has 0 bridgehead atoms. The summed E-state index contributed by atoms with van der Waals surface area (Å²) in [4.78, 5) is 11.9. The maximum Gasteiger partial charge on any atom is 0.251 e. The minimum absolute atomic E-state index is 0.165. The summed E-state index contributed by atoms with van der Waals surface area (Å²) in [6.07, 6.45) is 0. The van der Waals surface area contributed by atoms with Crippen LogP contribution in [0, 0.1) is 5.82 Å². The Bertz CT molecular complexity index is 581. The van der Waals surface area contributed by atoms with Crippen molar-refractivity contribution in [2.24, 2.45) is 0 Å². The van der Waals surface area contributed by atoms with Crippen molar-refractivity contribution in [1.82, 2.24) is 5.32 Å². The third-order valence-electron chi connectivity index (χ3n) is 2.82. The van der Waals surface area contributed by atoms with Crippen molar-refractivity contribution in [3.63, 3.8) is 0 Å². The fourth-order valence-electron chi connectivity index (χ4n) is 1.79. The van der Waals surface area contributed by atoms with Gasteiger partial charge < -0.3 is 10.1 Å². The van der Waals surface area contributed by atoms with Crippen LogP contribution in [0.1, 0.15) is 22.8 Å². The van der Waals surface area contributed by atoms with E-state index in [1.54, 1.807) is 42.5 Å². The third-order valence-corrected chi connectivity index (χ3v) is 2.82. The van der Waals surface area contributed by atoms with E-state index in [1.807, 2.05) is 6.92 Å². The molecule has 20 heavy (non-hydrogen) atoms. The zero-order valence-electron chi connectivity index (χ0n) is 11.2. The summed E-state index contributed by atoms with van der Waals surface area (Å²) in [5, 5.41) is 2.69. The van der Waals surface area contributed by atoms with Crippen molar-refractivity contribution in [1.29, 1.82) is 0 Å². The van der Waals surface area contributed by atoms with Gasteiger partial charge in [-0.25, -0.2) is 4.39 Å². The topological polar surface area (TPSA) is 38.3 Å². The molecule has 1 N–H and O–H groups in total. The minimum Gasteiger partial charge on any atom is -0.494 e. The molecule has 0 fully saturated rings. The van der Waals surface area contributed by atoms with E-state index in [1.165, 1.54) is 6.07 Å². The number of carbonyl (C=O) groups excluding carboxylic acids is 1. The number of hydrogen-bond acceptors (Lipinski definition) is 2. The Morgan fingerprint density at radius 3 is 2.50 bits per heavy atom. The summed E-state index contributed by atoms with van der Waals surface area (Å²) in [5.74, 6) is 0.161. The number of benzene rings is 2. The number of carbonyl (C=O) groups is 1. The van der Waals surface area contributed by atoms with E-state index < -0.39 is 0 Å². The normalized spacial score (nSPS) is 10.1. The average molecular weight is 273 g/mol. The first-order chi connectivity index (χ1) is 9.70. The highest BCUT2D eigenvalue weighted by Gasteiger charge is 2.07. The zero-order valence-corrected chi connectivity index (χ0v) is 11.2. The van der Waals surface area contributed by atoms with Gasteiger partial charge in [-0.15, -0.1) is 0 Å². The molecule has 0 radical (unpaired) electrons. The second-order valence-corrected chi connectivity index (χ2v) is 4.23. The van der Waals surface area contributed by atoms with Crippen LogP contribution in [0.4, 0.5) is 4.39 Å². The van der Waals surface area contributed by atoms with Crippen LogP contribution < -0.4 is 10.1 Å². The number of rotatable bonds is 5. The van der Waals surface area contributed by atoms with Gasteiger partial charge in [0.05, 0.1) is 6.61 Å². The molecule has 104 valence electrons. The molecule has 0 aliphatic carbocycles. The Balaban J connectivity index is 1.96. The van der Waals surface area contributed by atoms with Gasteiger partial charge in [0.2, 0.25) is 0 Å². The van der Waals surface area contributed by atoms with E-state index in [0.29, 0.717) is 17.7 Å². The van der Waals surface area contributed by atoms with E-state index in [-0.39, 0.29) is 18.3 Å². The molecule has 0 spiro atoms. The van der Waals surface area contributed by atoms with Crippen molar-refractivity contribution < 1.29 is 13.9 Å². The predicted molar refractivity (Wildman–Crippen MR) is 75.2 cm³/mol. The van der Waals surface area contributed by atoms with Crippen LogP contribution in [-0.4, -0.2) is 12.5 Å². The third kappa shape index (κ3) is 3.57. The van der Waals surface area contributed by atoms with Crippen LogP contribution in [0.25, 0.3) is 0 Å². The zero-order chi connectivity index (χ0) is 14.4. The van der Waals surface area contributed by atoms with Gasteiger partial charge in [0.1, 0.15) is 11.6 Å². The van der Waals surface area contributed by atoms with Crippen LogP contribution in [0.3, 0.4) is 0 Å². The molecule has 0 aliphatic heterocycles. The highest BCUT2D eigenvalue weighted by Crippen LogP contribution is 2.12. The van der Waals surface area contributed by atoms with Crippen molar-refractivity contribution >= 4 is 5.91 Å². The first-order valence-electron chi connectivity index (χ1n) is 6.45. The molecule has 2 aromatic rings. The molecule has 4 heteroatoms. The second kappa shape index (κ2) is 6.70. The lowest BCUT2D eigenvalue weighted by Crippen LogP contribution is -2.23. The summed E-state index contributed by atoms with van der Waals surface area (Å²) in [5.41, 5.74) is 0.983. The van der Waals surface area contributed by atoms with Crippen LogP contribution in [0.5, 0.6) is 5.75 Å². The van der Waals surface area contributed by atoms with Crippen molar-refractivity contribution in [3.05, 3.63) is 65.5 Å². The molecule has 0 atom stereocenters. The minimum atomic E-state index is -0.320. The average Bonchev–Trinajstić information content (AvgIpc) is 2.47. The van der Waals surface area contributed by atoms with Crippen molar-refractivity contribution in [3.8, 4) is 5.75 Å². The Morgan fingerprint density at radius 2 is 1.85 bits per heavy atom. The van der Waals surface area contributed by atoms with E-state index in [9.17, 15) is 9.18 Å². The molecular weight excluding hydrogens is 257 g/mol. The summed E-state index contributed by atoms with van der Waals surface area (Å²) in [7, 11) is 0. The van der Waals surface area contributed by atoms with E-state index in [2.05, 4.69) is 5.32 Å². The maximum atomic E-state index is 13.4. The van der Waals surface area contributed by atoms with Gasteiger partial charge in [0, 0.05) is 17.7 Å². The summed E-state index contributed by atoms with van der Waals surface area (Å²) < 4.78 is 18.7. The molecular formula is C16H16FNO2. The molecule has 2 rings (SSSR count). The first-order valence-corrected chi connectivity index (χ1v) is 6.45. The van der Waals surface area contributed by atoms with Gasteiger partial charge in [-0.3, -0.25) is 4.79 Å². The van der Waals surface area contributed by atoms with Gasteiger partial charge >= 0.3 is 0 Å². The lowest BCUT2D eigenvalue weighted by Gasteiger charge is -2.07. The highest BCUT2D eigenvalue weighted by molar-refractivity contribution is 5.94. The van der Waals surface area contributed by atoms with Crippen molar-refractivity contribution in [2.75, 3.05) is 6.61 Å². The number of amides is 1. The Morgan fingerprint density at radius 1 is 1.15 bits per heavy atom. The smallest absolute Gasteiger partial charge is 0.251 e. The summed E-state index contributed by atoms with van der Waals surface area (Å²) >= 11 is 0. The number of hydrogen-bond donors (Lipinski definition) is 1.